The molecular formula is C11H9ClF2N2. The SMILES string of the molecule is Fc1ccc(F)c(Cn2cncc2CCl)c1. The van der Waals surface area contributed by atoms with Crippen molar-refractivity contribution in [2.75, 3.05) is 0 Å². The first-order valence-electron chi connectivity index (χ1n) is 4.69. The van der Waals surface area contributed by atoms with Crippen molar-refractivity contribution in [3.8, 4) is 0 Å². The summed E-state index contributed by atoms with van der Waals surface area (Å²) in [5.41, 5.74) is 1.05. The van der Waals surface area contributed by atoms with Gasteiger partial charge in [-0.3, -0.25) is 0 Å². The molecule has 0 atom stereocenters. The van der Waals surface area contributed by atoms with E-state index in [2.05, 4.69) is 4.98 Å². The number of imidazole rings is 1. The van der Waals surface area contributed by atoms with E-state index in [0.29, 0.717) is 0 Å². The van der Waals surface area contributed by atoms with E-state index >= 15 is 0 Å². The van der Waals surface area contributed by atoms with Gasteiger partial charge in [-0.1, -0.05) is 0 Å². The van der Waals surface area contributed by atoms with Crippen LogP contribution >= 0.6 is 11.6 Å². The van der Waals surface area contributed by atoms with Crippen molar-refractivity contribution in [2.45, 2.75) is 12.4 Å². The summed E-state index contributed by atoms with van der Waals surface area (Å²) in [7, 11) is 0. The zero-order chi connectivity index (χ0) is 11.5. The Bertz CT molecular complexity index is 496. The summed E-state index contributed by atoms with van der Waals surface area (Å²) in [6.07, 6.45) is 3.15. The van der Waals surface area contributed by atoms with Crippen molar-refractivity contribution in [3.63, 3.8) is 0 Å². The van der Waals surface area contributed by atoms with Crippen LogP contribution in [-0.4, -0.2) is 9.55 Å². The number of hydrogen-bond acceptors (Lipinski definition) is 1. The Morgan fingerprint density at radius 3 is 2.88 bits per heavy atom. The van der Waals surface area contributed by atoms with Gasteiger partial charge in [0.25, 0.3) is 0 Å². The first-order valence-corrected chi connectivity index (χ1v) is 5.23. The maximum absolute atomic E-state index is 13.4. The standard InChI is InChI=1S/C11H9ClF2N2/c12-4-10-5-15-7-16(10)6-8-3-9(13)1-2-11(8)14/h1-3,5,7H,4,6H2. The van der Waals surface area contributed by atoms with Crippen molar-refractivity contribution in [3.05, 3.63) is 53.6 Å². The largest absolute Gasteiger partial charge is 0.329 e. The van der Waals surface area contributed by atoms with Gasteiger partial charge in [0.2, 0.25) is 0 Å². The van der Waals surface area contributed by atoms with Crippen LogP contribution in [0.25, 0.3) is 0 Å². The molecule has 1 heterocycles. The Balaban J connectivity index is 2.30. The Labute approximate surface area is 96.5 Å². The van der Waals surface area contributed by atoms with Gasteiger partial charge in [0.1, 0.15) is 11.6 Å². The molecule has 0 bridgehead atoms. The number of hydrogen-bond donors (Lipinski definition) is 0. The quantitative estimate of drug-likeness (QED) is 0.757. The highest BCUT2D eigenvalue weighted by molar-refractivity contribution is 6.16. The molecule has 84 valence electrons. The summed E-state index contributed by atoms with van der Waals surface area (Å²) in [6, 6.07) is 3.38. The van der Waals surface area contributed by atoms with Gasteiger partial charge in [0.15, 0.2) is 0 Å². The molecule has 0 N–H and O–H groups in total. The second-order valence-electron chi connectivity index (χ2n) is 3.38. The first kappa shape index (κ1) is 11.1. The summed E-state index contributed by atoms with van der Waals surface area (Å²) < 4.78 is 28.0. The molecular weight excluding hydrogens is 234 g/mol. The summed E-state index contributed by atoms with van der Waals surface area (Å²) in [6.45, 7) is 0.228. The fraction of sp³-hybridized carbons (Fsp3) is 0.182. The van der Waals surface area contributed by atoms with Gasteiger partial charge in [0, 0.05) is 11.8 Å². The third-order valence-electron chi connectivity index (χ3n) is 2.28. The predicted molar refractivity (Wildman–Crippen MR) is 57.2 cm³/mol. The van der Waals surface area contributed by atoms with E-state index in [1.165, 1.54) is 6.07 Å². The van der Waals surface area contributed by atoms with Crippen molar-refractivity contribution in [1.82, 2.24) is 9.55 Å². The second-order valence-corrected chi connectivity index (χ2v) is 3.65. The number of halogens is 3. The lowest BCUT2D eigenvalue weighted by molar-refractivity contribution is 0.575. The van der Waals surface area contributed by atoms with Crippen LogP contribution in [0.5, 0.6) is 0 Å². The van der Waals surface area contributed by atoms with Gasteiger partial charge in [-0.05, 0) is 18.2 Å². The first-order chi connectivity index (χ1) is 7.70. The van der Waals surface area contributed by atoms with E-state index in [9.17, 15) is 8.78 Å². The Morgan fingerprint density at radius 2 is 2.12 bits per heavy atom. The van der Waals surface area contributed by atoms with Crippen LogP contribution in [0.2, 0.25) is 0 Å². The summed E-state index contributed by atoms with van der Waals surface area (Å²) in [5, 5.41) is 0. The molecule has 0 aliphatic rings. The topological polar surface area (TPSA) is 17.8 Å². The Hall–Kier alpha value is -1.42. The zero-order valence-electron chi connectivity index (χ0n) is 8.33. The average molecular weight is 243 g/mol. The molecule has 2 nitrogen and oxygen atoms in total. The zero-order valence-corrected chi connectivity index (χ0v) is 9.09. The molecule has 0 spiro atoms. The van der Waals surface area contributed by atoms with Crippen LogP contribution < -0.4 is 0 Å². The lowest BCUT2D eigenvalue weighted by atomic mass is 10.2. The molecule has 0 aliphatic heterocycles. The smallest absolute Gasteiger partial charge is 0.128 e. The molecule has 5 heteroatoms. The maximum Gasteiger partial charge on any atom is 0.128 e. The second kappa shape index (κ2) is 4.61. The van der Waals surface area contributed by atoms with E-state index in [1.54, 1.807) is 17.1 Å². The van der Waals surface area contributed by atoms with E-state index in [0.717, 1.165) is 17.8 Å². The molecule has 0 fully saturated rings. The molecule has 0 unspecified atom stereocenters. The summed E-state index contributed by atoms with van der Waals surface area (Å²) >= 11 is 5.68. The van der Waals surface area contributed by atoms with Crippen LogP contribution in [0.1, 0.15) is 11.3 Å². The van der Waals surface area contributed by atoms with E-state index in [1.807, 2.05) is 0 Å². The van der Waals surface area contributed by atoms with Gasteiger partial charge in [-0.15, -0.1) is 11.6 Å². The number of rotatable bonds is 3. The Morgan fingerprint density at radius 1 is 1.31 bits per heavy atom. The summed E-state index contributed by atoms with van der Waals surface area (Å²) in [4.78, 5) is 3.90. The monoisotopic (exact) mass is 242 g/mol. The molecule has 1 aromatic carbocycles. The number of nitrogens with zero attached hydrogens (tertiary/aromatic N) is 2. The molecule has 2 rings (SSSR count). The summed E-state index contributed by atoms with van der Waals surface area (Å²) in [5.74, 6) is -0.601. The molecule has 0 radical (unpaired) electrons. The minimum absolute atomic E-state index is 0.228. The lowest BCUT2D eigenvalue weighted by Gasteiger charge is -2.07. The van der Waals surface area contributed by atoms with Crippen LogP contribution in [0.15, 0.2) is 30.7 Å². The van der Waals surface area contributed by atoms with E-state index < -0.39 is 11.6 Å². The number of alkyl halides is 1. The number of aromatic nitrogens is 2. The van der Waals surface area contributed by atoms with Gasteiger partial charge in [0.05, 0.1) is 24.4 Å². The molecule has 0 aliphatic carbocycles. The highest BCUT2D eigenvalue weighted by Crippen LogP contribution is 2.13. The normalized spacial score (nSPS) is 10.7. The fourth-order valence-corrected chi connectivity index (χ4v) is 1.67. The molecule has 2 aromatic rings. The predicted octanol–water partition coefficient (Wildman–Crippen LogP) is 2.95. The molecule has 0 saturated heterocycles. The maximum atomic E-state index is 13.4. The van der Waals surface area contributed by atoms with Crippen molar-refractivity contribution in [2.24, 2.45) is 0 Å². The average Bonchev–Trinajstić information content (AvgIpc) is 2.71. The van der Waals surface area contributed by atoms with Gasteiger partial charge in [-0.2, -0.15) is 0 Å². The lowest BCUT2D eigenvalue weighted by Crippen LogP contribution is -2.04. The third kappa shape index (κ3) is 2.22. The van der Waals surface area contributed by atoms with Crippen molar-refractivity contribution < 1.29 is 8.78 Å². The van der Waals surface area contributed by atoms with Crippen LogP contribution in [0.4, 0.5) is 8.78 Å². The highest BCUT2D eigenvalue weighted by Gasteiger charge is 2.07. The van der Waals surface area contributed by atoms with E-state index in [4.69, 9.17) is 11.6 Å². The number of benzene rings is 1. The minimum atomic E-state index is -0.455. The molecule has 0 amide bonds. The van der Waals surface area contributed by atoms with Gasteiger partial charge >= 0.3 is 0 Å². The highest BCUT2D eigenvalue weighted by atomic mass is 35.5. The van der Waals surface area contributed by atoms with Gasteiger partial charge in [-0.25, -0.2) is 13.8 Å². The van der Waals surface area contributed by atoms with Crippen LogP contribution in [0, 0.1) is 11.6 Å². The third-order valence-corrected chi connectivity index (χ3v) is 2.56. The van der Waals surface area contributed by atoms with Crippen molar-refractivity contribution >= 4 is 11.6 Å². The minimum Gasteiger partial charge on any atom is -0.329 e. The van der Waals surface area contributed by atoms with Crippen LogP contribution in [0.3, 0.4) is 0 Å². The molecule has 16 heavy (non-hydrogen) atoms. The van der Waals surface area contributed by atoms with Gasteiger partial charge < -0.3 is 4.57 Å². The fourth-order valence-electron chi connectivity index (χ4n) is 1.45. The van der Waals surface area contributed by atoms with Crippen molar-refractivity contribution in [1.29, 1.82) is 0 Å². The Kier molecular flexibility index (Phi) is 3.19. The molecule has 1 aromatic heterocycles. The van der Waals surface area contributed by atoms with Crippen LogP contribution in [-0.2, 0) is 12.4 Å². The van der Waals surface area contributed by atoms with E-state index in [-0.39, 0.29) is 18.0 Å². The molecule has 0 saturated carbocycles.